The molecule has 0 aliphatic rings. The fourth-order valence-corrected chi connectivity index (χ4v) is 1.74. The molecular formula is C12H6BrF2NO. The van der Waals surface area contributed by atoms with Gasteiger partial charge in [-0.25, -0.2) is 8.78 Å². The molecule has 0 amide bonds. The highest BCUT2D eigenvalue weighted by Gasteiger charge is 2.17. The summed E-state index contributed by atoms with van der Waals surface area (Å²) >= 11 is 3.13. The second kappa shape index (κ2) is 4.71. The van der Waals surface area contributed by atoms with Crippen molar-refractivity contribution in [1.82, 2.24) is 4.98 Å². The summed E-state index contributed by atoms with van der Waals surface area (Å²) in [6, 6.07) is 5.15. The number of halogens is 3. The van der Waals surface area contributed by atoms with Crippen LogP contribution in [0.2, 0.25) is 0 Å². The molecule has 2 aromatic rings. The van der Waals surface area contributed by atoms with Crippen molar-refractivity contribution in [2.45, 2.75) is 0 Å². The highest BCUT2D eigenvalue weighted by Crippen LogP contribution is 2.19. The maximum Gasteiger partial charge on any atom is 0.199 e. The van der Waals surface area contributed by atoms with Crippen LogP contribution in [-0.2, 0) is 0 Å². The fraction of sp³-hybridized carbons (Fsp3) is 0. The Kier molecular flexibility index (Phi) is 3.28. The molecule has 0 aliphatic heterocycles. The van der Waals surface area contributed by atoms with E-state index < -0.39 is 17.4 Å². The minimum absolute atomic E-state index is 0.176. The molecule has 0 saturated carbocycles. The van der Waals surface area contributed by atoms with Gasteiger partial charge >= 0.3 is 0 Å². The monoisotopic (exact) mass is 297 g/mol. The number of carbonyl (C=O) groups excluding carboxylic acids is 1. The standard InChI is InChI=1S/C12H6BrF2NO/c13-7-1-2-10(14)9(5-7)12(17)8-3-4-16-6-11(8)15/h1-6H. The number of rotatable bonds is 2. The number of hydrogen-bond donors (Lipinski definition) is 0. The smallest absolute Gasteiger partial charge is 0.199 e. The van der Waals surface area contributed by atoms with Gasteiger partial charge in [0.1, 0.15) is 5.82 Å². The number of pyridine rings is 1. The zero-order valence-electron chi connectivity index (χ0n) is 8.45. The van der Waals surface area contributed by atoms with Crippen molar-refractivity contribution in [2.24, 2.45) is 0 Å². The normalized spacial score (nSPS) is 10.3. The average Bonchev–Trinajstić information content (AvgIpc) is 2.32. The molecular weight excluding hydrogens is 292 g/mol. The third-order valence-electron chi connectivity index (χ3n) is 2.19. The van der Waals surface area contributed by atoms with Crippen molar-refractivity contribution >= 4 is 21.7 Å². The molecule has 86 valence electrons. The number of ketones is 1. The Morgan fingerprint density at radius 3 is 2.59 bits per heavy atom. The first-order valence-corrected chi connectivity index (χ1v) is 5.48. The predicted octanol–water partition coefficient (Wildman–Crippen LogP) is 3.35. The molecule has 1 aromatic carbocycles. The first-order valence-electron chi connectivity index (χ1n) is 4.69. The van der Waals surface area contributed by atoms with Gasteiger partial charge in [-0.3, -0.25) is 9.78 Å². The van der Waals surface area contributed by atoms with Gasteiger partial charge in [0.15, 0.2) is 11.6 Å². The van der Waals surface area contributed by atoms with Crippen molar-refractivity contribution < 1.29 is 13.6 Å². The zero-order valence-corrected chi connectivity index (χ0v) is 10.0. The van der Waals surface area contributed by atoms with Crippen LogP contribution in [0.3, 0.4) is 0 Å². The Balaban J connectivity index is 2.51. The molecule has 1 aromatic heterocycles. The van der Waals surface area contributed by atoms with E-state index in [1.807, 2.05) is 0 Å². The van der Waals surface area contributed by atoms with Crippen LogP contribution in [0.1, 0.15) is 15.9 Å². The highest BCUT2D eigenvalue weighted by molar-refractivity contribution is 9.10. The number of benzene rings is 1. The minimum atomic E-state index is -0.767. The van der Waals surface area contributed by atoms with Crippen molar-refractivity contribution in [3.8, 4) is 0 Å². The molecule has 0 radical (unpaired) electrons. The second-order valence-electron chi connectivity index (χ2n) is 3.31. The van der Waals surface area contributed by atoms with Crippen LogP contribution >= 0.6 is 15.9 Å². The van der Waals surface area contributed by atoms with Crippen molar-refractivity contribution in [1.29, 1.82) is 0 Å². The predicted molar refractivity (Wildman–Crippen MR) is 61.7 cm³/mol. The van der Waals surface area contributed by atoms with Crippen LogP contribution in [0, 0.1) is 11.6 Å². The van der Waals surface area contributed by atoms with E-state index in [9.17, 15) is 13.6 Å². The molecule has 0 atom stereocenters. The molecule has 0 unspecified atom stereocenters. The molecule has 0 N–H and O–H groups in total. The van der Waals surface area contributed by atoms with Gasteiger partial charge in [-0.1, -0.05) is 15.9 Å². The van der Waals surface area contributed by atoms with Crippen LogP contribution < -0.4 is 0 Å². The van der Waals surface area contributed by atoms with Gasteiger partial charge in [-0.15, -0.1) is 0 Å². The topological polar surface area (TPSA) is 30.0 Å². The van der Waals surface area contributed by atoms with Gasteiger partial charge in [0.2, 0.25) is 0 Å². The van der Waals surface area contributed by atoms with Crippen LogP contribution in [0.25, 0.3) is 0 Å². The quantitative estimate of drug-likeness (QED) is 0.796. The molecule has 0 bridgehead atoms. The van der Waals surface area contributed by atoms with Gasteiger partial charge in [-0.05, 0) is 24.3 Å². The molecule has 1 heterocycles. The lowest BCUT2D eigenvalue weighted by atomic mass is 10.0. The molecule has 0 saturated heterocycles. The fourth-order valence-electron chi connectivity index (χ4n) is 1.38. The van der Waals surface area contributed by atoms with E-state index in [1.165, 1.54) is 24.4 Å². The van der Waals surface area contributed by atoms with Crippen molar-refractivity contribution in [2.75, 3.05) is 0 Å². The zero-order chi connectivity index (χ0) is 12.4. The number of nitrogens with zero attached hydrogens (tertiary/aromatic N) is 1. The summed E-state index contributed by atoms with van der Waals surface area (Å²) in [5.41, 5.74) is -0.374. The minimum Gasteiger partial charge on any atom is -0.288 e. The SMILES string of the molecule is O=C(c1ccncc1F)c1cc(Br)ccc1F. The van der Waals surface area contributed by atoms with E-state index in [2.05, 4.69) is 20.9 Å². The highest BCUT2D eigenvalue weighted by atomic mass is 79.9. The molecule has 0 spiro atoms. The van der Waals surface area contributed by atoms with E-state index in [0.717, 1.165) is 12.3 Å². The molecule has 5 heteroatoms. The third-order valence-corrected chi connectivity index (χ3v) is 2.68. The van der Waals surface area contributed by atoms with Crippen molar-refractivity contribution in [3.63, 3.8) is 0 Å². The average molecular weight is 298 g/mol. The molecule has 2 nitrogen and oxygen atoms in total. The summed E-state index contributed by atoms with van der Waals surface area (Å²) in [5, 5.41) is 0. The Morgan fingerprint density at radius 1 is 1.12 bits per heavy atom. The van der Waals surface area contributed by atoms with Gasteiger partial charge in [0.25, 0.3) is 0 Å². The molecule has 0 aliphatic carbocycles. The van der Waals surface area contributed by atoms with Crippen molar-refractivity contribution in [3.05, 3.63) is 63.9 Å². The Hall–Kier alpha value is -1.62. The van der Waals surface area contributed by atoms with E-state index in [1.54, 1.807) is 0 Å². The molecule has 2 rings (SSSR count). The first-order chi connectivity index (χ1) is 8.09. The van der Waals surface area contributed by atoms with E-state index >= 15 is 0 Å². The van der Waals surface area contributed by atoms with Crippen LogP contribution in [0.15, 0.2) is 41.1 Å². The van der Waals surface area contributed by atoms with Gasteiger partial charge in [0.05, 0.1) is 17.3 Å². The third kappa shape index (κ3) is 2.39. The summed E-state index contributed by atoms with van der Waals surface area (Å²) in [6.45, 7) is 0. The van der Waals surface area contributed by atoms with Gasteiger partial charge in [0, 0.05) is 10.7 Å². The second-order valence-corrected chi connectivity index (χ2v) is 4.22. The molecule has 17 heavy (non-hydrogen) atoms. The Bertz CT molecular complexity index is 586. The van der Waals surface area contributed by atoms with Gasteiger partial charge in [-0.2, -0.15) is 0 Å². The lowest BCUT2D eigenvalue weighted by Crippen LogP contribution is -2.07. The molecule has 0 fully saturated rings. The number of aromatic nitrogens is 1. The van der Waals surface area contributed by atoms with Crippen LogP contribution in [-0.4, -0.2) is 10.8 Å². The summed E-state index contributed by atoms with van der Waals surface area (Å²) in [6.07, 6.45) is 2.20. The summed E-state index contributed by atoms with van der Waals surface area (Å²) in [5.74, 6) is -2.16. The summed E-state index contributed by atoms with van der Waals surface area (Å²) < 4.78 is 27.4. The lowest BCUT2D eigenvalue weighted by molar-refractivity contribution is 0.103. The lowest BCUT2D eigenvalue weighted by Gasteiger charge is -2.04. The maximum absolute atomic E-state index is 13.5. The largest absolute Gasteiger partial charge is 0.288 e. The maximum atomic E-state index is 13.5. The van der Waals surface area contributed by atoms with Crippen LogP contribution in [0.4, 0.5) is 8.78 Å². The van der Waals surface area contributed by atoms with E-state index in [-0.39, 0.29) is 11.1 Å². The van der Waals surface area contributed by atoms with Gasteiger partial charge < -0.3 is 0 Å². The number of hydrogen-bond acceptors (Lipinski definition) is 2. The van der Waals surface area contributed by atoms with E-state index in [0.29, 0.717) is 4.47 Å². The number of carbonyl (C=O) groups is 1. The Morgan fingerprint density at radius 2 is 1.88 bits per heavy atom. The van der Waals surface area contributed by atoms with E-state index in [4.69, 9.17) is 0 Å². The summed E-state index contributed by atoms with van der Waals surface area (Å²) in [7, 11) is 0. The Labute approximate surface area is 104 Å². The van der Waals surface area contributed by atoms with Crippen LogP contribution in [0.5, 0.6) is 0 Å². The summed E-state index contributed by atoms with van der Waals surface area (Å²) in [4.78, 5) is 15.4. The first kappa shape index (κ1) is 11.9.